The molecule has 0 spiro atoms. The molecule has 0 aliphatic carbocycles. The molecule has 1 saturated heterocycles. The largest absolute Gasteiger partial charge is 0.339 e. The normalized spacial score (nSPS) is 14.3. The summed E-state index contributed by atoms with van der Waals surface area (Å²) in [6, 6.07) is 10.1. The molecule has 1 fully saturated rings. The lowest BCUT2D eigenvalue weighted by Gasteiger charge is -2.32. The van der Waals surface area contributed by atoms with Crippen LogP contribution in [0.25, 0.3) is 11.5 Å². The maximum atomic E-state index is 13.1. The van der Waals surface area contributed by atoms with E-state index in [-0.39, 0.29) is 11.7 Å². The van der Waals surface area contributed by atoms with Gasteiger partial charge in [-0.05, 0) is 55.0 Å². The van der Waals surface area contributed by atoms with Crippen molar-refractivity contribution >= 4 is 5.91 Å². The lowest BCUT2D eigenvalue weighted by atomic mass is 9.92. The second-order valence-electron chi connectivity index (χ2n) is 9.04. The fourth-order valence-electron chi connectivity index (χ4n) is 4.47. The minimum Gasteiger partial charge on any atom is -0.339 e. The van der Waals surface area contributed by atoms with E-state index in [9.17, 15) is 9.18 Å². The first-order valence-electron chi connectivity index (χ1n) is 11.8. The molecule has 3 aromatic heterocycles. The summed E-state index contributed by atoms with van der Waals surface area (Å²) in [4.78, 5) is 32.8. The molecular weight excluding hydrogens is 443 g/mol. The first-order valence-corrected chi connectivity index (χ1v) is 11.8. The number of carbonyl (C=O) groups excluding carboxylic acids is 1. The first kappa shape index (κ1) is 22.8. The van der Waals surface area contributed by atoms with Crippen molar-refractivity contribution in [3.8, 4) is 11.5 Å². The summed E-state index contributed by atoms with van der Waals surface area (Å²) in [6.07, 6.45) is 12.2. The van der Waals surface area contributed by atoms with E-state index in [2.05, 4.69) is 19.9 Å². The summed E-state index contributed by atoms with van der Waals surface area (Å²) in [7, 11) is 1.94. The molecule has 0 atom stereocenters. The van der Waals surface area contributed by atoms with Crippen molar-refractivity contribution in [2.75, 3.05) is 13.1 Å². The van der Waals surface area contributed by atoms with Gasteiger partial charge in [-0.3, -0.25) is 14.8 Å². The zero-order valence-electron chi connectivity index (χ0n) is 19.6. The van der Waals surface area contributed by atoms with Gasteiger partial charge in [0, 0.05) is 57.0 Å². The van der Waals surface area contributed by atoms with Crippen LogP contribution in [0.1, 0.15) is 40.2 Å². The molecule has 0 bridgehead atoms. The van der Waals surface area contributed by atoms with E-state index in [4.69, 9.17) is 0 Å². The molecule has 0 unspecified atom stereocenters. The van der Waals surface area contributed by atoms with Gasteiger partial charge in [-0.15, -0.1) is 0 Å². The number of amides is 1. The Hall–Kier alpha value is -3.94. The number of nitrogens with zero attached hydrogens (tertiary/aromatic N) is 6. The third-order valence-electron chi connectivity index (χ3n) is 6.53. The number of hydrogen-bond acceptors (Lipinski definition) is 5. The Labute approximate surface area is 203 Å². The minimum absolute atomic E-state index is 0.0171. The average Bonchev–Trinajstić information content (AvgIpc) is 3.32. The van der Waals surface area contributed by atoms with E-state index in [0.717, 1.165) is 60.8 Å². The number of carbonyl (C=O) groups is 1. The van der Waals surface area contributed by atoms with Gasteiger partial charge >= 0.3 is 0 Å². The van der Waals surface area contributed by atoms with Gasteiger partial charge in [0.1, 0.15) is 11.5 Å². The molecule has 1 aliphatic rings. The van der Waals surface area contributed by atoms with Crippen LogP contribution in [0.3, 0.4) is 0 Å². The summed E-state index contributed by atoms with van der Waals surface area (Å²) < 4.78 is 15.0. The van der Waals surface area contributed by atoms with Gasteiger partial charge in [0.15, 0.2) is 5.82 Å². The Morgan fingerprint density at radius 1 is 0.943 bits per heavy atom. The molecule has 0 radical (unpaired) electrons. The van der Waals surface area contributed by atoms with Crippen molar-refractivity contribution in [2.45, 2.75) is 25.7 Å². The molecule has 0 saturated carbocycles. The van der Waals surface area contributed by atoms with Crippen LogP contribution in [0.4, 0.5) is 4.39 Å². The van der Waals surface area contributed by atoms with Crippen molar-refractivity contribution in [1.82, 2.24) is 29.4 Å². The maximum Gasteiger partial charge on any atom is 0.255 e. The third-order valence-corrected chi connectivity index (χ3v) is 6.53. The molecule has 4 aromatic rings. The summed E-state index contributed by atoms with van der Waals surface area (Å²) in [6.45, 7) is 1.44. The smallest absolute Gasteiger partial charge is 0.255 e. The predicted octanol–water partition coefficient (Wildman–Crippen LogP) is 4.10. The van der Waals surface area contributed by atoms with Crippen LogP contribution < -0.4 is 0 Å². The maximum absolute atomic E-state index is 13.1. The van der Waals surface area contributed by atoms with E-state index in [1.54, 1.807) is 30.7 Å². The standard InChI is InChI=1S/C27H27FN6O/c1-33-13-10-29-26(33)25-18-31-24(17-32-25)15-20-8-11-34(12-9-20)27(35)21-4-7-23(30-16-21)14-19-2-5-22(28)6-3-19/h2-7,10,13,16-18,20H,8-9,11-12,14-15H2,1H3. The fraction of sp³-hybridized carbons (Fsp3) is 0.296. The Morgan fingerprint density at radius 2 is 1.71 bits per heavy atom. The summed E-state index contributed by atoms with van der Waals surface area (Å²) in [5, 5.41) is 0. The Balaban J connectivity index is 1.12. The molecular formula is C27H27FN6O. The first-order chi connectivity index (χ1) is 17.0. The number of pyridine rings is 1. The minimum atomic E-state index is -0.252. The topological polar surface area (TPSA) is 76.8 Å². The number of halogens is 1. The zero-order valence-corrected chi connectivity index (χ0v) is 19.6. The van der Waals surface area contributed by atoms with E-state index < -0.39 is 0 Å². The summed E-state index contributed by atoms with van der Waals surface area (Å²) >= 11 is 0. The van der Waals surface area contributed by atoms with Gasteiger partial charge in [0.2, 0.25) is 0 Å². The number of rotatable bonds is 6. The highest BCUT2D eigenvalue weighted by atomic mass is 19.1. The average molecular weight is 471 g/mol. The summed E-state index contributed by atoms with van der Waals surface area (Å²) in [5.41, 5.74) is 4.16. The van der Waals surface area contributed by atoms with Crippen molar-refractivity contribution in [3.05, 3.63) is 95.7 Å². The highest BCUT2D eigenvalue weighted by Gasteiger charge is 2.24. The number of aromatic nitrogens is 5. The zero-order chi connectivity index (χ0) is 24.2. The Bertz CT molecular complexity index is 1280. The van der Waals surface area contributed by atoms with E-state index in [1.807, 2.05) is 41.0 Å². The van der Waals surface area contributed by atoms with E-state index in [0.29, 0.717) is 17.9 Å². The van der Waals surface area contributed by atoms with Crippen LogP contribution >= 0.6 is 0 Å². The number of aryl methyl sites for hydroxylation is 1. The molecule has 35 heavy (non-hydrogen) atoms. The van der Waals surface area contributed by atoms with E-state index in [1.165, 1.54) is 12.1 Å². The van der Waals surface area contributed by atoms with Gasteiger partial charge in [0.05, 0.1) is 17.5 Å². The molecule has 0 N–H and O–H groups in total. The molecule has 178 valence electrons. The second kappa shape index (κ2) is 10.1. The fourth-order valence-corrected chi connectivity index (χ4v) is 4.47. The Morgan fingerprint density at radius 3 is 2.34 bits per heavy atom. The van der Waals surface area contributed by atoms with Gasteiger partial charge < -0.3 is 9.47 Å². The SMILES string of the molecule is Cn1ccnc1-c1cnc(CC2CCN(C(=O)c3ccc(Cc4ccc(F)cc4)nc3)CC2)cn1. The molecule has 1 amide bonds. The number of piperidine rings is 1. The van der Waals surface area contributed by atoms with E-state index >= 15 is 0 Å². The quantitative estimate of drug-likeness (QED) is 0.424. The van der Waals surface area contributed by atoms with Crippen LogP contribution in [-0.4, -0.2) is 48.4 Å². The number of hydrogen-bond donors (Lipinski definition) is 0. The van der Waals surface area contributed by atoms with Crippen molar-refractivity contribution < 1.29 is 9.18 Å². The van der Waals surface area contributed by atoms with Crippen LogP contribution in [0.5, 0.6) is 0 Å². The number of benzene rings is 1. The van der Waals surface area contributed by atoms with Crippen LogP contribution in [-0.2, 0) is 19.9 Å². The molecule has 8 heteroatoms. The highest BCUT2D eigenvalue weighted by Crippen LogP contribution is 2.23. The number of imidazole rings is 1. The monoisotopic (exact) mass is 470 g/mol. The number of likely N-dealkylation sites (tertiary alicyclic amines) is 1. The van der Waals surface area contributed by atoms with Gasteiger partial charge in [-0.25, -0.2) is 14.4 Å². The molecule has 1 aromatic carbocycles. The van der Waals surface area contributed by atoms with Crippen LogP contribution in [0, 0.1) is 11.7 Å². The second-order valence-corrected chi connectivity index (χ2v) is 9.04. The van der Waals surface area contributed by atoms with Gasteiger partial charge in [-0.1, -0.05) is 12.1 Å². The van der Waals surface area contributed by atoms with Gasteiger partial charge in [0.25, 0.3) is 5.91 Å². The van der Waals surface area contributed by atoms with Gasteiger partial charge in [-0.2, -0.15) is 0 Å². The van der Waals surface area contributed by atoms with Crippen molar-refractivity contribution in [2.24, 2.45) is 13.0 Å². The molecule has 7 nitrogen and oxygen atoms in total. The summed E-state index contributed by atoms with van der Waals surface area (Å²) in [5.74, 6) is 1.04. The molecule has 5 rings (SSSR count). The van der Waals surface area contributed by atoms with Crippen LogP contribution in [0.2, 0.25) is 0 Å². The molecule has 1 aliphatic heterocycles. The van der Waals surface area contributed by atoms with Crippen LogP contribution in [0.15, 0.2) is 67.4 Å². The predicted molar refractivity (Wildman–Crippen MR) is 130 cm³/mol. The third kappa shape index (κ3) is 5.42. The van der Waals surface area contributed by atoms with Crippen molar-refractivity contribution in [3.63, 3.8) is 0 Å². The molecule has 4 heterocycles. The van der Waals surface area contributed by atoms with Crippen molar-refractivity contribution in [1.29, 1.82) is 0 Å². The lowest BCUT2D eigenvalue weighted by molar-refractivity contribution is 0.0689. The Kier molecular flexibility index (Phi) is 6.61. The highest BCUT2D eigenvalue weighted by molar-refractivity contribution is 5.94. The lowest BCUT2D eigenvalue weighted by Crippen LogP contribution is -2.39.